The maximum Gasteiger partial charge on any atom is 0.407 e. The van der Waals surface area contributed by atoms with Crippen molar-refractivity contribution < 1.29 is 29.0 Å². The summed E-state index contributed by atoms with van der Waals surface area (Å²) < 4.78 is 5.56. The molecule has 0 spiro atoms. The van der Waals surface area contributed by atoms with E-state index >= 15 is 0 Å². The van der Waals surface area contributed by atoms with Gasteiger partial charge in [-0.05, 0) is 28.2 Å². The van der Waals surface area contributed by atoms with Crippen molar-refractivity contribution in [1.29, 1.82) is 0 Å². The molecule has 2 N–H and O–H groups in total. The molecule has 1 saturated heterocycles. The molecule has 4 rings (SSSR count). The van der Waals surface area contributed by atoms with Gasteiger partial charge in [0.05, 0.1) is 6.54 Å². The van der Waals surface area contributed by atoms with E-state index in [1.54, 1.807) is 13.8 Å². The number of carbonyl (C=O) groups excluding carboxylic acids is 3. The number of benzene rings is 2. The molecular formula is C26H29N3O6. The number of ether oxygens (including phenoxy) is 1. The van der Waals surface area contributed by atoms with E-state index in [1.165, 1.54) is 11.9 Å². The van der Waals surface area contributed by atoms with Crippen molar-refractivity contribution in [2.75, 3.05) is 26.7 Å². The molecule has 0 aromatic heterocycles. The van der Waals surface area contributed by atoms with Gasteiger partial charge in [-0.15, -0.1) is 0 Å². The number of amides is 3. The second-order valence-electron chi connectivity index (χ2n) is 9.29. The lowest BCUT2D eigenvalue weighted by atomic mass is 9.98. The summed E-state index contributed by atoms with van der Waals surface area (Å²) in [5.74, 6) is -2.68. The zero-order valence-corrected chi connectivity index (χ0v) is 19.9. The minimum absolute atomic E-state index is 0.0869. The molecule has 0 bridgehead atoms. The van der Waals surface area contributed by atoms with Gasteiger partial charge in [-0.25, -0.2) is 9.59 Å². The fraction of sp³-hybridized carbons (Fsp3) is 0.385. The molecule has 3 amide bonds. The van der Waals surface area contributed by atoms with Crippen molar-refractivity contribution >= 4 is 23.9 Å². The highest BCUT2D eigenvalue weighted by atomic mass is 16.5. The maximum absolute atomic E-state index is 13.3. The number of aliphatic carboxylic acids is 1. The lowest BCUT2D eigenvalue weighted by molar-refractivity contribution is -0.160. The molecule has 9 heteroatoms. The number of rotatable bonds is 6. The molecule has 35 heavy (non-hydrogen) atoms. The third-order valence-corrected chi connectivity index (χ3v) is 6.67. The average Bonchev–Trinajstić information content (AvgIpc) is 3.15. The minimum Gasteiger partial charge on any atom is -0.480 e. The molecule has 2 aromatic rings. The molecule has 1 aliphatic carbocycles. The van der Waals surface area contributed by atoms with Gasteiger partial charge in [-0.3, -0.25) is 9.59 Å². The van der Waals surface area contributed by atoms with Crippen LogP contribution in [0.4, 0.5) is 4.79 Å². The van der Waals surface area contributed by atoms with Crippen LogP contribution in [0, 0.1) is 5.92 Å². The number of nitrogens with zero attached hydrogens (tertiary/aromatic N) is 2. The van der Waals surface area contributed by atoms with Gasteiger partial charge < -0.3 is 25.0 Å². The van der Waals surface area contributed by atoms with Crippen LogP contribution in [0.15, 0.2) is 48.5 Å². The third kappa shape index (κ3) is 4.71. The van der Waals surface area contributed by atoms with Gasteiger partial charge in [0.15, 0.2) is 0 Å². The summed E-state index contributed by atoms with van der Waals surface area (Å²) in [6.45, 7) is 3.08. The van der Waals surface area contributed by atoms with Crippen molar-refractivity contribution in [1.82, 2.24) is 15.1 Å². The van der Waals surface area contributed by atoms with Crippen molar-refractivity contribution in [3.8, 4) is 11.1 Å². The Morgan fingerprint density at radius 3 is 2.17 bits per heavy atom. The standard InChI is InChI=1S/C26H29N3O6/c1-15(2)23(24(31)29-13-22(30)28(3)12-21(29)25(32)33)27-26(34)35-14-20-18-10-6-4-8-16(18)17-9-5-7-11-19(17)20/h4-11,15,20-21,23H,12-14H2,1-3H3,(H,27,34)(H,32,33)/t21?,23-/m0/s1. The number of alkyl carbamates (subject to hydrolysis) is 1. The molecule has 184 valence electrons. The summed E-state index contributed by atoms with van der Waals surface area (Å²) in [4.78, 5) is 52.2. The Balaban J connectivity index is 1.46. The van der Waals surface area contributed by atoms with E-state index in [4.69, 9.17) is 4.74 Å². The van der Waals surface area contributed by atoms with Gasteiger partial charge in [0.1, 0.15) is 25.2 Å². The molecule has 2 aromatic carbocycles. The first-order chi connectivity index (χ1) is 16.7. The summed E-state index contributed by atoms with van der Waals surface area (Å²) in [5.41, 5.74) is 4.34. The molecule has 9 nitrogen and oxygen atoms in total. The number of hydrogen-bond acceptors (Lipinski definition) is 5. The average molecular weight is 480 g/mol. The van der Waals surface area contributed by atoms with E-state index in [1.807, 2.05) is 48.5 Å². The zero-order valence-electron chi connectivity index (χ0n) is 19.9. The van der Waals surface area contributed by atoms with Crippen molar-refractivity contribution in [2.45, 2.75) is 31.8 Å². The molecule has 1 heterocycles. The predicted octanol–water partition coefficient (Wildman–Crippen LogP) is 2.30. The SMILES string of the molecule is CC(C)[C@H](NC(=O)OCC1c2ccccc2-c2ccccc21)C(=O)N1CC(=O)N(C)CC1C(=O)O. The quantitative estimate of drug-likeness (QED) is 0.657. The first-order valence-corrected chi connectivity index (χ1v) is 11.6. The molecule has 0 radical (unpaired) electrons. The normalized spacial score (nSPS) is 18.2. The van der Waals surface area contributed by atoms with Crippen LogP contribution in [0.5, 0.6) is 0 Å². The Morgan fingerprint density at radius 2 is 1.63 bits per heavy atom. The van der Waals surface area contributed by atoms with Gasteiger partial charge in [0.25, 0.3) is 0 Å². The van der Waals surface area contributed by atoms with E-state index in [0.717, 1.165) is 27.2 Å². The van der Waals surface area contributed by atoms with E-state index in [-0.39, 0.29) is 37.4 Å². The maximum atomic E-state index is 13.3. The lowest BCUT2D eigenvalue weighted by Gasteiger charge is -2.39. The minimum atomic E-state index is -1.21. The fourth-order valence-electron chi connectivity index (χ4n) is 4.74. The van der Waals surface area contributed by atoms with Crippen LogP contribution < -0.4 is 5.32 Å². The Hall–Kier alpha value is -3.88. The molecule has 1 aliphatic heterocycles. The summed E-state index contributed by atoms with van der Waals surface area (Å²) >= 11 is 0. The number of fused-ring (bicyclic) bond motifs is 3. The highest BCUT2D eigenvalue weighted by molar-refractivity contribution is 5.94. The van der Waals surface area contributed by atoms with E-state index < -0.39 is 30.1 Å². The van der Waals surface area contributed by atoms with Gasteiger partial charge in [-0.1, -0.05) is 62.4 Å². The van der Waals surface area contributed by atoms with Crippen LogP contribution >= 0.6 is 0 Å². The Bertz CT molecular complexity index is 1120. The summed E-state index contributed by atoms with van der Waals surface area (Å²) in [6.07, 6.45) is -0.772. The van der Waals surface area contributed by atoms with Crippen LogP contribution in [0.25, 0.3) is 11.1 Å². The van der Waals surface area contributed by atoms with Crippen LogP contribution in [0.1, 0.15) is 30.9 Å². The van der Waals surface area contributed by atoms with Crippen molar-refractivity contribution in [3.05, 3.63) is 59.7 Å². The molecule has 1 unspecified atom stereocenters. The second kappa shape index (κ2) is 9.77. The fourth-order valence-corrected chi connectivity index (χ4v) is 4.74. The smallest absolute Gasteiger partial charge is 0.407 e. The lowest BCUT2D eigenvalue weighted by Crippen LogP contribution is -2.63. The number of carbonyl (C=O) groups is 4. The highest BCUT2D eigenvalue weighted by Crippen LogP contribution is 2.44. The predicted molar refractivity (Wildman–Crippen MR) is 128 cm³/mol. The first-order valence-electron chi connectivity index (χ1n) is 11.6. The Kier molecular flexibility index (Phi) is 6.77. The van der Waals surface area contributed by atoms with Crippen LogP contribution in [-0.4, -0.2) is 77.6 Å². The number of piperazine rings is 1. The molecule has 2 atom stereocenters. The summed E-state index contributed by atoms with van der Waals surface area (Å²) in [7, 11) is 1.49. The molecule has 2 aliphatic rings. The van der Waals surface area contributed by atoms with Gasteiger partial charge in [0.2, 0.25) is 11.8 Å². The van der Waals surface area contributed by atoms with Crippen LogP contribution in [0.2, 0.25) is 0 Å². The van der Waals surface area contributed by atoms with E-state index in [2.05, 4.69) is 5.32 Å². The number of likely N-dealkylation sites (N-methyl/N-ethyl adjacent to an activating group) is 1. The number of carboxylic acid groups (broad SMARTS) is 1. The topological polar surface area (TPSA) is 116 Å². The Morgan fingerprint density at radius 1 is 1.06 bits per heavy atom. The van der Waals surface area contributed by atoms with Crippen LogP contribution in [0.3, 0.4) is 0 Å². The monoisotopic (exact) mass is 479 g/mol. The highest BCUT2D eigenvalue weighted by Gasteiger charge is 2.41. The third-order valence-electron chi connectivity index (χ3n) is 6.67. The Labute approximate surface area is 203 Å². The van der Waals surface area contributed by atoms with Gasteiger partial charge in [0, 0.05) is 13.0 Å². The number of hydrogen-bond donors (Lipinski definition) is 2. The van der Waals surface area contributed by atoms with Crippen molar-refractivity contribution in [2.24, 2.45) is 5.92 Å². The van der Waals surface area contributed by atoms with Gasteiger partial charge >= 0.3 is 12.1 Å². The van der Waals surface area contributed by atoms with Crippen LogP contribution in [-0.2, 0) is 19.1 Å². The first kappa shape index (κ1) is 24.3. The summed E-state index contributed by atoms with van der Waals surface area (Å²) in [6, 6.07) is 13.7. The van der Waals surface area contributed by atoms with Gasteiger partial charge in [-0.2, -0.15) is 0 Å². The second-order valence-corrected chi connectivity index (χ2v) is 9.29. The number of carboxylic acids is 1. The van der Waals surface area contributed by atoms with E-state index in [0.29, 0.717) is 0 Å². The molecular weight excluding hydrogens is 450 g/mol. The summed E-state index contributed by atoms with van der Waals surface area (Å²) in [5, 5.41) is 12.2. The zero-order chi connectivity index (χ0) is 25.3. The number of nitrogens with one attached hydrogen (secondary N) is 1. The van der Waals surface area contributed by atoms with E-state index in [9.17, 15) is 24.3 Å². The molecule has 1 fully saturated rings. The van der Waals surface area contributed by atoms with Crippen molar-refractivity contribution in [3.63, 3.8) is 0 Å². The largest absolute Gasteiger partial charge is 0.480 e. The molecule has 0 saturated carbocycles.